The normalized spacial score (nSPS) is 14.3. The van der Waals surface area contributed by atoms with Gasteiger partial charge in [0, 0.05) is 19.0 Å². The molecule has 4 heteroatoms. The standard InChI is InChI=1S/C16H25NO3/c1-13(2)17-7-11-18-10-6-14-4-5-15-16(12-14)20-9-3-8-19-15/h4-5,12-13,17H,3,6-11H2,1-2H3. The fourth-order valence-corrected chi connectivity index (χ4v) is 2.08. The Kier molecular flexibility index (Phi) is 6.15. The van der Waals surface area contributed by atoms with Gasteiger partial charge in [-0.05, 0) is 24.1 Å². The molecule has 0 spiro atoms. The third-order valence-electron chi connectivity index (χ3n) is 3.15. The van der Waals surface area contributed by atoms with E-state index < -0.39 is 0 Å². The van der Waals surface area contributed by atoms with E-state index in [-0.39, 0.29) is 0 Å². The number of fused-ring (bicyclic) bond motifs is 1. The molecule has 0 radical (unpaired) electrons. The van der Waals surface area contributed by atoms with E-state index in [0.29, 0.717) is 6.04 Å². The van der Waals surface area contributed by atoms with Crippen molar-refractivity contribution in [2.45, 2.75) is 32.7 Å². The number of nitrogens with one attached hydrogen (secondary N) is 1. The summed E-state index contributed by atoms with van der Waals surface area (Å²) in [7, 11) is 0. The Labute approximate surface area is 121 Å². The van der Waals surface area contributed by atoms with Gasteiger partial charge < -0.3 is 19.5 Å². The molecule has 0 saturated heterocycles. The second-order valence-corrected chi connectivity index (χ2v) is 5.30. The van der Waals surface area contributed by atoms with Gasteiger partial charge in [0.1, 0.15) is 0 Å². The summed E-state index contributed by atoms with van der Waals surface area (Å²) in [4.78, 5) is 0. The van der Waals surface area contributed by atoms with Gasteiger partial charge in [0.2, 0.25) is 0 Å². The summed E-state index contributed by atoms with van der Waals surface area (Å²) in [6.07, 6.45) is 1.84. The molecule has 1 aliphatic heterocycles. The van der Waals surface area contributed by atoms with Crippen LogP contribution in [0.4, 0.5) is 0 Å². The zero-order valence-corrected chi connectivity index (χ0v) is 12.5. The summed E-state index contributed by atoms with van der Waals surface area (Å²) in [5.41, 5.74) is 1.23. The third-order valence-corrected chi connectivity index (χ3v) is 3.15. The highest BCUT2D eigenvalue weighted by atomic mass is 16.5. The van der Waals surface area contributed by atoms with Gasteiger partial charge in [0.25, 0.3) is 0 Å². The van der Waals surface area contributed by atoms with E-state index in [1.54, 1.807) is 0 Å². The summed E-state index contributed by atoms with van der Waals surface area (Å²) in [5, 5.41) is 3.33. The molecule has 0 unspecified atom stereocenters. The molecule has 0 bridgehead atoms. The summed E-state index contributed by atoms with van der Waals surface area (Å²) in [6, 6.07) is 6.66. The molecule has 20 heavy (non-hydrogen) atoms. The lowest BCUT2D eigenvalue weighted by Gasteiger charge is -2.10. The molecule has 0 aromatic heterocycles. The van der Waals surface area contributed by atoms with Gasteiger partial charge >= 0.3 is 0 Å². The third kappa shape index (κ3) is 5.02. The highest BCUT2D eigenvalue weighted by Gasteiger charge is 2.10. The highest BCUT2D eigenvalue weighted by Crippen LogP contribution is 2.30. The Balaban J connectivity index is 1.72. The summed E-state index contributed by atoms with van der Waals surface area (Å²) >= 11 is 0. The first-order chi connectivity index (χ1) is 9.75. The number of ether oxygens (including phenoxy) is 3. The minimum absolute atomic E-state index is 0.514. The van der Waals surface area contributed by atoms with E-state index in [9.17, 15) is 0 Å². The van der Waals surface area contributed by atoms with Crippen LogP contribution in [0.1, 0.15) is 25.8 Å². The molecular formula is C16H25NO3. The summed E-state index contributed by atoms with van der Waals surface area (Å²) < 4.78 is 16.9. The molecule has 1 aromatic carbocycles. The van der Waals surface area contributed by atoms with Gasteiger partial charge in [0.05, 0.1) is 26.4 Å². The van der Waals surface area contributed by atoms with Crippen LogP contribution in [0.2, 0.25) is 0 Å². The SMILES string of the molecule is CC(C)NCCOCCc1ccc2c(c1)OCCCO2. The lowest BCUT2D eigenvalue weighted by Crippen LogP contribution is -2.26. The van der Waals surface area contributed by atoms with Crippen LogP contribution >= 0.6 is 0 Å². The number of benzene rings is 1. The minimum Gasteiger partial charge on any atom is -0.490 e. The van der Waals surface area contributed by atoms with Gasteiger partial charge in [-0.15, -0.1) is 0 Å². The van der Waals surface area contributed by atoms with E-state index >= 15 is 0 Å². The Morgan fingerprint density at radius 1 is 1.15 bits per heavy atom. The van der Waals surface area contributed by atoms with Crippen LogP contribution < -0.4 is 14.8 Å². The zero-order chi connectivity index (χ0) is 14.2. The first-order valence-corrected chi connectivity index (χ1v) is 7.45. The molecule has 1 aliphatic rings. The maximum Gasteiger partial charge on any atom is 0.161 e. The number of hydrogen-bond acceptors (Lipinski definition) is 4. The van der Waals surface area contributed by atoms with Crippen LogP contribution in [0, 0.1) is 0 Å². The van der Waals surface area contributed by atoms with Crippen molar-refractivity contribution < 1.29 is 14.2 Å². The van der Waals surface area contributed by atoms with Crippen molar-refractivity contribution >= 4 is 0 Å². The average Bonchev–Trinajstić information content (AvgIpc) is 2.67. The van der Waals surface area contributed by atoms with Gasteiger partial charge in [-0.1, -0.05) is 19.9 Å². The van der Waals surface area contributed by atoms with Crippen LogP contribution in [0.25, 0.3) is 0 Å². The lowest BCUT2D eigenvalue weighted by atomic mass is 10.1. The van der Waals surface area contributed by atoms with Gasteiger partial charge in [-0.25, -0.2) is 0 Å². The molecule has 0 fully saturated rings. The predicted octanol–water partition coefficient (Wildman–Crippen LogP) is 2.41. The van der Waals surface area contributed by atoms with Crippen LogP contribution in [0.3, 0.4) is 0 Å². The maximum atomic E-state index is 5.68. The van der Waals surface area contributed by atoms with Crippen molar-refractivity contribution in [1.29, 1.82) is 0 Å². The number of rotatable bonds is 7. The van der Waals surface area contributed by atoms with E-state index in [0.717, 1.165) is 57.3 Å². The van der Waals surface area contributed by atoms with Crippen molar-refractivity contribution in [1.82, 2.24) is 5.32 Å². The minimum atomic E-state index is 0.514. The Bertz CT molecular complexity index is 407. The molecule has 112 valence electrons. The molecule has 1 heterocycles. The van der Waals surface area contributed by atoms with Crippen molar-refractivity contribution in [3.8, 4) is 11.5 Å². The van der Waals surface area contributed by atoms with Gasteiger partial charge in [-0.2, -0.15) is 0 Å². The van der Waals surface area contributed by atoms with E-state index in [2.05, 4.69) is 31.3 Å². The molecule has 0 aliphatic carbocycles. The van der Waals surface area contributed by atoms with E-state index in [4.69, 9.17) is 14.2 Å². The summed E-state index contributed by atoms with van der Waals surface area (Å²) in [5.74, 6) is 1.72. The topological polar surface area (TPSA) is 39.7 Å². The molecule has 1 aromatic rings. The zero-order valence-electron chi connectivity index (χ0n) is 12.5. The quantitative estimate of drug-likeness (QED) is 0.778. The second kappa shape index (κ2) is 8.12. The second-order valence-electron chi connectivity index (χ2n) is 5.30. The van der Waals surface area contributed by atoms with E-state index in [1.165, 1.54) is 5.56 Å². The molecule has 2 rings (SSSR count). The van der Waals surface area contributed by atoms with Crippen LogP contribution in [-0.4, -0.2) is 39.0 Å². The Hall–Kier alpha value is -1.26. The monoisotopic (exact) mass is 279 g/mol. The number of hydrogen-bond donors (Lipinski definition) is 1. The molecule has 4 nitrogen and oxygen atoms in total. The van der Waals surface area contributed by atoms with Crippen LogP contribution in [-0.2, 0) is 11.2 Å². The molecule has 0 atom stereocenters. The largest absolute Gasteiger partial charge is 0.490 e. The molecular weight excluding hydrogens is 254 g/mol. The fraction of sp³-hybridized carbons (Fsp3) is 0.625. The van der Waals surface area contributed by atoms with Crippen molar-refractivity contribution in [2.24, 2.45) is 0 Å². The van der Waals surface area contributed by atoms with Crippen molar-refractivity contribution in [2.75, 3.05) is 33.0 Å². The van der Waals surface area contributed by atoms with Crippen LogP contribution in [0.15, 0.2) is 18.2 Å². The average molecular weight is 279 g/mol. The Morgan fingerprint density at radius 2 is 1.95 bits per heavy atom. The molecule has 1 N–H and O–H groups in total. The lowest BCUT2D eigenvalue weighted by molar-refractivity contribution is 0.137. The molecule has 0 saturated carbocycles. The van der Waals surface area contributed by atoms with Crippen molar-refractivity contribution in [3.63, 3.8) is 0 Å². The fourth-order valence-electron chi connectivity index (χ4n) is 2.08. The first-order valence-electron chi connectivity index (χ1n) is 7.45. The van der Waals surface area contributed by atoms with Gasteiger partial charge in [0.15, 0.2) is 11.5 Å². The summed E-state index contributed by atoms with van der Waals surface area (Å²) in [6.45, 7) is 8.13. The maximum absolute atomic E-state index is 5.68. The Morgan fingerprint density at radius 3 is 2.75 bits per heavy atom. The first kappa shape index (κ1) is 15.1. The van der Waals surface area contributed by atoms with Gasteiger partial charge in [-0.3, -0.25) is 0 Å². The molecule has 0 amide bonds. The van der Waals surface area contributed by atoms with Crippen molar-refractivity contribution in [3.05, 3.63) is 23.8 Å². The van der Waals surface area contributed by atoms with E-state index in [1.807, 2.05) is 6.07 Å². The predicted molar refractivity (Wildman–Crippen MR) is 79.7 cm³/mol. The highest BCUT2D eigenvalue weighted by molar-refractivity contribution is 5.43. The smallest absolute Gasteiger partial charge is 0.161 e. The van der Waals surface area contributed by atoms with Crippen LogP contribution in [0.5, 0.6) is 11.5 Å².